The van der Waals surface area contributed by atoms with Crippen molar-refractivity contribution in [2.75, 3.05) is 50.7 Å². The molecule has 3 heterocycles. The maximum absolute atomic E-state index is 15.2. The Balaban J connectivity index is 1.64. The Labute approximate surface area is 260 Å². The molecule has 9 nitrogen and oxygen atoms in total. The predicted molar refractivity (Wildman–Crippen MR) is 168 cm³/mol. The highest BCUT2D eigenvalue weighted by atomic mass is 32.2. The van der Waals surface area contributed by atoms with Crippen LogP contribution in [0.4, 0.5) is 19.4 Å². The Hall–Kier alpha value is -3.22. The standard InChI is InChI=1S/C32H40F2N4O5S/c1-18-12-24-27-28(26(18)23-9-8-21(33)13-25(23)34)44-17-22(16-42-11-10-41-7)38(27)30(39)35-29(24)36-14-20(3)37(15-19(36)2)31(40)43-32(4,5)6/h8-9,12-13,19-20,22H,10-11,14-17H2,1-7H3/t19-,20+,22-/m0/s1. The number of carbonyl (C=O) groups is 1. The summed E-state index contributed by atoms with van der Waals surface area (Å²) in [6, 6.07) is 4.80. The van der Waals surface area contributed by atoms with Crippen LogP contribution >= 0.6 is 11.8 Å². The van der Waals surface area contributed by atoms with Gasteiger partial charge in [0.05, 0.1) is 31.4 Å². The van der Waals surface area contributed by atoms with Crippen molar-refractivity contribution in [2.45, 2.75) is 70.2 Å². The zero-order valence-electron chi connectivity index (χ0n) is 26.3. The van der Waals surface area contributed by atoms with Crippen LogP contribution < -0.4 is 10.6 Å². The normalized spacial score (nSPS) is 20.3. The van der Waals surface area contributed by atoms with Crippen LogP contribution in [0.15, 0.2) is 34.0 Å². The number of halogens is 2. The summed E-state index contributed by atoms with van der Waals surface area (Å²) in [4.78, 5) is 36.1. The summed E-state index contributed by atoms with van der Waals surface area (Å²) in [5.74, 6) is -0.298. The lowest BCUT2D eigenvalue weighted by Crippen LogP contribution is -2.59. The highest BCUT2D eigenvalue weighted by Crippen LogP contribution is 2.46. The van der Waals surface area contributed by atoms with Crippen molar-refractivity contribution in [2.24, 2.45) is 0 Å². The lowest BCUT2D eigenvalue weighted by Gasteiger charge is -2.45. The van der Waals surface area contributed by atoms with Gasteiger partial charge in [0.2, 0.25) is 0 Å². The molecule has 1 fully saturated rings. The Morgan fingerprint density at radius 2 is 1.86 bits per heavy atom. The molecule has 2 aromatic carbocycles. The van der Waals surface area contributed by atoms with E-state index in [1.165, 1.54) is 23.9 Å². The zero-order chi connectivity index (χ0) is 31.9. The van der Waals surface area contributed by atoms with E-state index in [2.05, 4.69) is 9.88 Å². The summed E-state index contributed by atoms with van der Waals surface area (Å²) in [5, 5.41) is 0.752. The quantitative estimate of drug-likeness (QED) is 0.303. The fourth-order valence-electron chi connectivity index (χ4n) is 5.95. The van der Waals surface area contributed by atoms with Crippen molar-refractivity contribution in [1.82, 2.24) is 14.5 Å². The summed E-state index contributed by atoms with van der Waals surface area (Å²) in [6.07, 6.45) is -0.379. The third-order valence-corrected chi connectivity index (χ3v) is 9.19. The van der Waals surface area contributed by atoms with Crippen LogP contribution in [0.5, 0.6) is 0 Å². The molecule has 0 N–H and O–H groups in total. The molecule has 2 aliphatic rings. The molecule has 0 saturated carbocycles. The minimum atomic E-state index is -0.668. The average molecular weight is 631 g/mol. The lowest BCUT2D eigenvalue weighted by atomic mass is 9.96. The highest BCUT2D eigenvalue weighted by molar-refractivity contribution is 7.99. The Morgan fingerprint density at radius 1 is 1.11 bits per heavy atom. The third kappa shape index (κ3) is 6.29. The van der Waals surface area contributed by atoms with E-state index in [0.29, 0.717) is 49.0 Å². The van der Waals surface area contributed by atoms with Gasteiger partial charge in [-0.1, -0.05) is 0 Å². The van der Waals surface area contributed by atoms with Gasteiger partial charge in [0.15, 0.2) is 0 Å². The number of rotatable bonds is 7. The number of hydrogen-bond acceptors (Lipinski definition) is 8. The maximum atomic E-state index is 15.2. The first kappa shape index (κ1) is 32.2. The molecule has 3 aromatic rings. The molecule has 12 heteroatoms. The van der Waals surface area contributed by atoms with Crippen LogP contribution in [0, 0.1) is 18.6 Å². The monoisotopic (exact) mass is 630 g/mol. The number of hydrogen-bond donors (Lipinski definition) is 0. The van der Waals surface area contributed by atoms with Crippen molar-refractivity contribution < 1.29 is 27.8 Å². The molecule has 44 heavy (non-hydrogen) atoms. The second-order valence-electron chi connectivity index (χ2n) is 12.5. The second kappa shape index (κ2) is 12.6. The number of thioether (sulfide) groups is 1. The molecule has 1 amide bonds. The molecule has 1 saturated heterocycles. The van der Waals surface area contributed by atoms with E-state index in [-0.39, 0.29) is 36.4 Å². The van der Waals surface area contributed by atoms with Gasteiger partial charge in [-0.05, 0) is 65.3 Å². The number of aryl methyl sites for hydroxylation is 1. The second-order valence-corrected chi connectivity index (χ2v) is 13.6. The van der Waals surface area contributed by atoms with Crippen molar-refractivity contribution in [1.29, 1.82) is 0 Å². The maximum Gasteiger partial charge on any atom is 0.410 e. The van der Waals surface area contributed by atoms with E-state index >= 15 is 4.39 Å². The third-order valence-electron chi connectivity index (χ3n) is 7.96. The van der Waals surface area contributed by atoms with Crippen LogP contribution in [0.1, 0.15) is 46.2 Å². The average Bonchev–Trinajstić information content (AvgIpc) is 2.94. The van der Waals surface area contributed by atoms with Gasteiger partial charge in [0.25, 0.3) is 0 Å². The molecule has 3 atom stereocenters. The number of benzene rings is 2. The molecule has 0 bridgehead atoms. The molecule has 1 aromatic heterocycles. The first-order valence-corrected chi connectivity index (χ1v) is 15.8. The molecule has 0 radical (unpaired) electrons. The van der Waals surface area contributed by atoms with Crippen LogP contribution in [0.25, 0.3) is 22.0 Å². The van der Waals surface area contributed by atoms with Crippen LogP contribution in [-0.2, 0) is 14.2 Å². The number of aromatic nitrogens is 2. The van der Waals surface area contributed by atoms with Crippen molar-refractivity contribution >= 4 is 34.6 Å². The van der Waals surface area contributed by atoms with Crippen molar-refractivity contribution in [3.8, 4) is 11.1 Å². The molecule has 238 valence electrons. The van der Waals surface area contributed by atoms with Gasteiger partial charge in [0.1, 0.15) is 23.1 Å². The predicted octanol–water partition coefficient (Wildman–Crippen LogP) is 5.79. The number of anilines is 1. The van der Waals surface area contributed by atoms with Gasteiger partial charge < -0.3 is 24.0 Å². The zero-order valence-corrected chi connectivity index (χ0v) is 27.1. The van der Waals surface area contributed by atoms with Crippen molar-refractivity contribution in [3.63, 3.8) is 0 Å². The molecule has 0 unspecified atom stereocenters. The van der Waals surface area contributed by atoms with E-state index in [1.54, 1.807) is 16.6 Å². The molecular weight excluding hydrogens is 590 g/mol. The number of ether oxygens (including phenoxy) is 3. The van der Waals surface area contributed by atoms with E-state index in [1.807, 2.05) is 47.6 Å². The highest BCUT2D eigenvalue weighted by Gasteiger charge is 2.37. The Kier molecular flexibility index (Phi) is 9.25. The number of piperazine rings is 1. The van der Waals surface area contributed by atoms with Crippen LogP contribution in [0.2, 0.25) is 0 Å². The van der Waals surface area contributed by atoms with Gasteiger partial charge in [0, 0.05) is 65.5 Å². The van der Waals surface area contributed by atoms with E-state index < -0.39 is 22.9 Å². The van der Waals surface area contributed by atoms with Gasteiger partial charge in [-0.3, -0.25) is 4.57 Å². The molecule has 0 aliphatic carbocycles. The minimum absolute atomic E-state index is 0.175. The summed E-state index contributed by atoms with van der Waals surface area (Å²) in [6.45, 7) is 13.3. The Morgan fingerprint density at radius 3 is 2.55 bits per heavy atom. The lowest BCUT2D eigenvalue weighted by molar-refractivity contribution is 0.0130. The first-order valence-electron chi connectivity index (χ1n) is 14.8. The fraction of sp³-hybridized carbons (Fsp3) is 0.531. The number of nitrogens with zero attached hydrogens (tertiary/aromatic N) is 4. The molecule has 5 rings (SSSR count). The molecule has 2 aliphatic heterocycles. The van der Waals surface area contributed by atoms with Gasteiger partial charge in [-0.2, -0.15) is 4.98 Å². The van der Waals surface area contributed by atoms with Gasteiger partial charge in [-0.25, -0.2) is 18.4 Å². The van der Waals surface area contributed by atoms with E-state index in [4.69, 9.17) is 14.2 Å². The van der Waals surface area contributed by atoms with Crippen LogP contribution in [0.3, 0.4) is 0 Å². The van der Waals surface area contributed by atoms with E-state index in [0.717, 1.165) is 21.9 Å². The van der Waals surface area contributed by atoms with Crippen LogP contribution in [-0.4, -0.2) is 84.0 Å². The SMILES string of the molecule is COCCOC[C@H]1CSc2c(-c3ccc(F)cc3F)c(C)cc3c(N4C[C@@H](C)N(C(=O)OC(C)(C)C)C[C@@H]4C)nc(=O)n1c23. The van der Waals surface area contributed by atoms with E-state index in [9.17, 15) is 14.0 Å². The fourth-order valence-corrected chi connectivity index (χ4v) is 7.31. The summed E-state index contributed by atoms with van der Waals surface area (Å²) < 4.78 is 47.3. The topological polar surface area (TPSA) is 86.1 Å². The smallest absolute Gasteiger partial charge is 0.410 e. The summed E-state index contributed by atoms with van der Waals surface area (Å²) >= 11 is 1.53. The number of amides is 1. The Bertz CT molecular complexity index is 1630. The van der Waals surface area contributed by atoms with Gasteiger partial charge in [-0.15, -0.1) is 11.8 Å². The van der Waals surface area contributed by atoms with Gasteiger partial charge >= 0.3 is 11.8 Å². The minimum Gasteiger partial charge on any atom is -0.444 e. The molecular formula is C32H40F2N4O5S. The number of methoxy groups -OCH3 is 1. The first-order chi connectivity index (χ1) is 20.8. The summed E-state index contributed by atoms with van der Waals surface area (Å²) in [5.41, 5.74) is 1.27. The largest absolute Gasteiger partial charge is 0.444 e. The summed E-state index contributed by atoms with van der Waals surface area (Å²) in [7, 11) is 1.60. The molecule has 0 spiro atoms. The number of carbonyl (C=O) groups excluding carboxylic acids is 1. The van der Waals surface area contributed by atoms with Crippen molar-refractivity contribution in [3.05, 3.63) is 51.9 Å².